The van der Waals surface area contributed by atoms with E-state index in [0.717, 1.165) is 33.2 Å². The molecule has 6 heteroatoms. The Kier molecular flexibility index (Phi) is 5.29. The lowest BCUT2D eigenvalue weighted by Crippen LogP contribution is -2.41. The number of benzene rings is 3. The van der Waals surface area contributed by atoms with E-state index in [1.54, 1.807) is 0 Å². The maximum Gasteiger partial charge on any atom is 0.239 e. The van der Waals surface area contributed by atoms with Crippen molar-refractivity contribution >= 4 is 46.0 Å². The number of fused-ring (bicyclic) bond motifs is 5. The third-order valence-corrected chi connectivity index (χ3v) is 9.03. The van der Waals surface area contributed by atoms with E-state index in [2.05, 4.69) is 0 Å². The first-order valence-electron chi connectivity index (χ1n) is 12.6. The number of imide groups is 1. The topological polar surface area (TPSA) is 54.5 Å². The molecule has 0 N–H and O–H groups in total. The standard InChI is InChI=1S/C31H25ClFNO3/c1-3-30-23(18-11-7-5-8-12-18)24(19-13-9-6-10-14-19)31(4-2,29(30)37)26-25(30)27(35)34(28(26)36)20-15-16-21(32)22(33)17-20/h5-17,25-26H,3-4H2,1-2H3/t25-,26-,30-,31+/m0/s1. The number of ketones is 1. The number of Topliss-reactive ketones (excluding diaryl/α,β-unsaturated/α-hetero) is 1. The lowest BCUT2D eigenvalue weighted by atomic mass is 9.60. The first kappa shape index (κ1) is 23.8. The summed E-state index contributed by atoms with van der Waals surface area (Å²) in [7, 11) is 0. The Hall–Kier alpha value is -3.57. The van der Waals surface area contributed by atoms with Gasteiger partial charge in [0.15, 0.2) is 5.78 Å². The SMILES string of the molecule is CC[C@]12C(=O)[C@](CC)(C(c3ccccc3)=C1c1ccccc1)[C@@H]1C(=O)N(c3ccc(Cl)c(F)c3)C(=O)[C@H]12. The van der Waals surface area contributed by atoms with Gasteiger partial charge in [0.1, 0.15) is 5.82 Å². The quantitative estimate of drug-likeness (QED) is 0.362. The molecule has 0 unspecified atom stereocenters. The number of amides is 2. The molecule has 2 amide bonds. The average molecular weight is 514 g/mol. The van der Waals surface area contributed by atoms with E-state index in [1.807, 2.05) is 74.5 Å². The normalized spacial score (nSPS) is 28.4. The van der Waals surface area contributed by atoms with Gasteiger partial charge in [-0.25, -0.2) is 9.29 Å². The second-order valence-corrected chi connectivity index (χ2v) is 10.4. The van der Waals surface area contributed by atoms with Gasteiger partial charge in [0.05, 0.1) is 33.4 Å². The van der Waals surface area contributed by atoms with Crippen molar-refractivity contribution in [2.24, 2.45) is 22.7 Å². The van der Waals surface area contributed by atoms with Gasteiger partial charge in [-0.2, -0.15) is 0 Å². The molecule has 1 heterocycles. The number of carbonyl (C=O) groups excluding carboxylic acids is 3. The highest BCUT2D eigenvalue weighted by Gasteiger charge is 2.80. The zero-order valence-electron chi connectivity index (χ0n) is 20.5. The summed E-state index contributed by atoms with van der Waals surface area (Å²) in [5, 5.41) is -0.0901. The summed E-state index contributed by atoms with van der Waals surface area (Å²) in [6, 6.07) is 23.3. The first-order valence-corrected chi connectivity index (χ1v) is 13.0. The third kappa shape index (κ3) is 2.81. The number of allylic oxidation sites excluding steroid dienone is 2. The van der Waals surface area contributed by atoms with Gasteiger partial charge in [0.2, 0.25) is 11.8 Å². The highest BCUT2D eigenvalue weighted by atomic mass is 35.5. The van der Waals surface area contributed by atoms with Crippen molar-refractivity contribution in [3.05, 3.63) is 101 Å². The van der Waals surface area contributed by atoms with E-state index in [0.29, 0.717) is 12.8 Å². The lowest BCUT2D eigenvalue weighted by Gasteiger charge is -2.38. The summed E-state index contributed by atoms with van der Waals surface area (Å²) < 4.78 is 14.4. The molecule has 1 saturated carbocycles. The predicted octanol–water partition coefficient (Wildman–Crippen LogP) is 6.58. The summed E-state index contributed by atoms with van der Waals surface area (Å²) in [5.41, 5.74) is 1.22. The van der Waals surface area contributed by atoms with E-state index in [9.17, 15) is 18.8 Å². The van der Waals surface area contributed by atoms with Gasteiger partial charge in [-0.1, -0.05) is 86.1 Å². The molecule has 2 aliphatic carbocycles. The van der Waals surface area contributed by atoms with Crippen LogP contribution in [0.4, 0.5) is 10.1 Å². The monoisotopic (exact) mass is 513 g/mol. The maximum absolute atomic E-state index is 14.6. The summed E-state index contributed by atoms with van der Waals surface area (Å²) >= 11 is 5.88. The fourth-order valence-electron chi connectivity index (χ4n) is 7.33. The van der Waals surface area contributed by atoms with E-state index in [1.165, 1.54) is 12.1 Å². The molecule has 0 radical (unpaired) electrons. The van der Waals surface area contributed by atoms with Crippen molar-refractivity contribution in [2.75, 3.05) is 4.90 Å². The number of rotatable bonds is 5. The van der Waals surface area contributed by atoms with Crippen LogP contribution in [0.15, 0.2) is 78.9 Å². The molecule has 1 aliphatic heterocycles. The molecule has 0 spiro atoms. The van der Waals surface area contributed by atoms with Crippen LogP contribution in [0.2, 0.25) is 5.02 Å². The Morgan fingerprint density at radius 1 is 0.757 bits per heavy atom. The molecule has 6 rings (SSSR count). The van der Waals surface area contributed by atoms with Gasteiger partial charge < -0.3 is 0 Å². The Bertz CT molecular complexity index is 1420. The number of nitrogens with zero attached hydrogens (tertiary/aromatic N) is 1. The number of hydrogen-bond donors (Lipinski definition) is 0. The minimum absolute atomic E-state index is 0.0543. The zero-order valence-corrected chi connectivity index (χ0v) is 21.3. The summed E-state index contributed by atoms with van der Waals surface area (Å²) in [4.78, 5) is 44.0. The van der Waals surface area contributed by atoms with Crippen LogP contribution in [0.1, 0.15) is 37.8 Å². The van der Waals surface area contributed by atoms with Gasteiger partial charge in [-0.05, 0) is 53.3 Å². The Morgan fingerprint density at radius 2 is 1.22 bits per heavy atom. The van der Waals surface area contributed by atoms with Crippen molar-refractivity contribution in [3.63, 3.8) is 0 Å². The molecule has 3 aromatic rings. The molecule has 1 saturated heterocycles. The fourth-order valence-corrected chi connectivity index (χ4v) is 7.45. The number of hydrogen-bond acceptors (Lipinski definition) is 3. The van der Waals surface area contributed by atoms with E-state index in [-0.39, 0.29) is 16.5 Å². The minimum Gasteiger partial charge on any atom is -0.298 e. The minimum atomic E-state index is -1.17. The van der Waals surface area contributed by atoms with Gasteiger partial charge >= 0.3 is 0 Å². The second kappa shape index (κ2) is 8.22. The molecule has 0 aromatic heterocycles. The molecular weight excluding hydrogens is 489 g/mol. The van der Waals surface area contributed by atoms with Gasteiger partial charge in [-0.3, -0.25) is 14.4 Å². The Morgan fingerprint density at radius 3 is 1.62 bits per heavy atom. The number of carbonyl (C=O) groups is 3. The van der Waals surface area contributed by atoms with E-state index >= 15 is 0 Å². The Labute approximate surface area is 219 Å². The van der Waals surface area contributed by atoms with Gasteiger partial charge in [-0.15, -0.1) is 0 Å². The second-order valence-electron chi connectivity index (χ2n) is 10.0. The zero-order chi connectivity index (χ0) is 26.1. The highest BCUT2D eigenvalue weighted by molar-refractivity contribution is 6.35. The van der Waals surface area contributed by atoms with Crippen LogP contribution in [0.3, 0.4) is 0 Å². The maximum atomic E-state index is 14.6. The molecule has 2 bridgehead atoms. The first-order chi connectivity index (χ1) is 17.8. The van der Waals surface area contributed by atoms with Crippen LogP contribution in [-0.2, 0) is 14.4 Å². The number of halogens is 2. The van der Waals surface area contributed by atoms with E-state index < -0.39 is 40.3 Å². The molecule has 186 valence electrons. The summed E-state index contributed by atoms with van der Waals surface area (Å²) in [5.74, 6) is -3.40. The lowest BCUT2D eigenvalue weighted by molar-refractivity contribution is -0.134. The van der Waals surface area contributed by atoms with Gasteiger partial charge in [0, 0.05) is 0 Å². The van der Waals surface area contributed by atoms with Crippen LogP contribution in [0.5, 0.6) is 0 Å². The third-order valence-electron chi connectivity index (χ3n) is 8.72. The number of anilines is 1. The van der Waals surface area contributed by atoms with Crippen molar-refractivity contribution in [1.29, 1.82) is 0 Å². The van der Waals surface area contributed by atoms with Crippen LogP contribution in [0.25, 0.3) is 11.1 Å². The largest absolute Gasteiger partial charge is 0.298 e. The van der Waals surface area contributed by atoms with Crippen LogP contribution < -0.4 is 4.90 Å². The average Bonchev–Trinajstić information content (AvgIpc) is 3.42. The van der Waals surface area contributed by atoms with Crippen molar-refractivity contribution in [1.82, 2.24) is 0 Å². The van der Waals surface area contributed by atoms with Crippen LogP contribution in [0, 0.1) is 28.5 Å². The van der Waals surface area contributed by atoms with Crippen molar-refractivity contribution in [3.8, 4) is 0 Å². The molecule has 2 fully saturated rings. The molecule has 4 atom stereocenters. The van der Waals surface area contributed by atoms with Crippen molar-refractivity contribution in [2.45, 2.75) is 26.7 Å². The highest BCUT2D eigenvalue weighted by Crippen LogP contribution is 2.75. The molecule has 3 aliphatic rings. The van der Waals surface area contributed by atoms with Crippen molar-refractivity contribution < 1.29 is 18.8 Å². The summed E-state index contributed by atoms with van der Waals surface area (Å²) in [6.07, 6.45) is 0.744. The van der Waals surface area contributed by atoms with Crippen LogP contribution in [-0.4, -0.2) is 17.6 Å². The van der Waals surface area contributed by atoms with Crippen LogP contribution >= 0.6 is 11.6 Å². The summed E-state index contributed by atoms with van der Waals surface area (Å²) in [6.45, 7) is 3.83. The van der Waals surface area contributed by atoms with Gasteiger partial charge in [0.25, 0.3) is 0 Å². The smallest absolute Gasteiger partial charge is 0.239 e. The Balaban J connectivity index is 1.66. The molecule has 3 aromatic carbocycles. The predicted molar refractivity (Wildman–Crippen MR) is 141 cm³/mol. The molecular formula is C31H25ClFNO3. The van der Waals surface area contributed by atoms with E-state index in [4.69, 9.17) is 11.6 Å². The fraction of sp³-hybridized carbons (Fsp3) is 0.258. The molecule has 4 nitrogen and oxygen atoms in total. The molecule has 37 heavy (non-hydrogen) atoms.